The number of hydrogen-bond donors (Lipinski definition) is 0. The second-order valence-corrected chi connectivity index (χ2v) is 6.09. The fourth-order valence-electron chi connectivity index (χ4n) is 1.45. The molecular formula is C9H11ClN4O2S. The monoisotopic (exact) mass is 274 g/mol. The van der Waals surface area contributed by atoms with Crippen LogP contribution in [0.15, 0.2) is 23.7 Å². The summed E-state index contributed by atoms with van der Waals surface area (Å²) in [5.74, 6) is 0.108. The van der Waals surface area contributed by atoms with Crippen LogP contribution in [0.4, 0.5) is 0 Å². The highest BCUT2D eigenvalue weighted by Gasteiger charge is 2.23. The van der Waals surface area contributed by atoms with E-state index in [1.807, 2.05) is 0 Å². The van der Waals surface area contributed by atoms with Gasteiger partial charge in [-0.2, -0.15) is 0 Å². The van der Waals surface area contributed by atoms with Crippen LogP contribution in [0.1, 0.15) is 6.92 Å². The molecule has 2 aromatic rings. The summed E-state index contributed by atoms with van der Waals surface area (Å²) in [6, 6.07) is 0. The summed E-state index contributed by atoms with van der Waals surface area (Å²) in [6.07, 6.45) is 4.44. The Balaban J connectivity index is 2.49. The Kier molecular flexibility index (Phi) is 3.30. The van der Waals surface area contributed by atoms with Crippen molar-refractivity contribution >= 4 is 27.1 Å². The molecule has 0 saturated carbocycles. The second-order valence-electron chi connectivity index (χ2n) is 3.84. The molecule has 0 aliphatic heterocycles. The SMILES string of the molecule is CC(CCl)CS(=O)(=O)c1nccn2cnnc12. The van der Waals surface area contributed by atoms with Gasteiger partial charge in [0.1, 0.15) is 6.33 Å². The van der Waals surface area contributed by atoms with E-state index in [9.17, 15) is 8.42 Å². The van der Waals surface area contributed by atoms with E-state index in [0.717, 1.165) is 0 Å². The summed E-state index contributed by atoms with van der Waals surface area (Å²) < 4.78 is 25.7. The Labute approximate surface area is 104 Å². The molecule has 92 valence electrons. The molecule has 8 heteroatoms. The van der Waals surface area contributed by atoms with Crippen LogP contribution in [0.3, 0.4) is 0 Å². The van der Waals surface area contributed by atoms with Crippen molar-refractivity contribution in [1.29, 1.82) is 0 Å². The molecule has 6 nitrogen and oxygen atoms in total. The van der Waals surface area contributed by atoms with Crippen molar-refractivity contribution in [2.24, 2.45) is 5.92 Å². The van der Waals surface area contributed by atoms with Crippen molar-refractivity contribution < 1.29 is 8.42 Å². The minimum Gasteiger partial charge on any atom is -0.285 e. The Hall–Kier alpha value is -1.21. The maximum atomic E-state index is 12.1. The van der Waals surface area contributed by atoms with Crippen molar-refractivity contribution in [2.45, 2.75) is 11.9 Å². The van der Waals surface area contributed by atoms with E-state index in [1.54, 1.807) is 13.1 Å². The zero-order valence-electron chi connectivity index (χ0n) is 9.12. The van der Waals surface area contributed by atoms with E-state index in [0.29, 0.717) is 0 Å². The third-order valence-corrected chi connectivity index (χ3v) is 4.66. The van der Waals surface area contributed by atoms with Gasteiger partial charge in [-0.15, -0.1) is 21.8 Å². The van der Waals surface area contributed by atoms with Gasteiger partial charge in [-0.05, 0) is 5.92 Å². The zero-order chi connectivity index (χ0) is 12.5. The second kappa shape index (κ2) is 4.58. The van der Waals surface area contributed by atoms with Crippen molar-refractivity contribution in [3.05, 3.63) is 18.7 Å². The highest BCUT2D eigenvalue weighted by Crippen LogP contribution is 2.16. The number of aromatic nitrogens is 4. The molecule has 0 fully saturated rings. The number of rotatable bonds is 4. The number of halogens is 1. The molecule has 17 heavy (non-hydrogen) atoms. The van der Waals surface area contributed by atoms with Gasteiger partial charge in [0.2, 0.25) is 5.03 Å². The van der Waals surface area contributed by atoms with Gasteiger partial charge in [-0.3, -0.25) is 4.40 Å². The van der Waals surface area contributed by atoms with Crippen molar-refractivity contribution in [1.82, 2.24) is 19.6 Å². The standard InChI is InChI=1S/C9H11ClN4O2S/c1-7(4-10)5-17(15,16)9-8-13-12-6-14(8)3-2-11-9/h2-3,6-7H,4-5H2,1H3. The first kappa shape index (κ1) is 12.3. The van der Waals surface area contributed by atoms with Crippen LogP contribution in [0.2, 0.25) is 0 Å². The number of nitrogens with zero attached hydrogens (tertiary/aromatic N) is 4. The average Bonchev–Trinajstić information content (AvgIpc) is 2.75. The molecule has 2 rings (SSSR count). The van der Waals surface area contributed by atoms with Crippen molar-refractivity contribution in [2.75, 3.05) is 11.6 Å². The molecule has 0 aromatic carbocycles. The van der Waals surface area contributed by atoms with Gasteiger partial charge < -0.3 is 0 Å². The first-order valence-electron chi connectivity index (χ1n) is 4.97. The fraction of sp³-hybridized carbons (Fsp3) is 0.444. The smallest absolute Gasteiger partial charge is 0.200 e. The topological polar surface area (TPSA) is 77.2 Å². The number of fused-ring (bicyclic) bond motifs is 1. The van der Waals surface area contributed by atoms with E-state index in [-0.39, 0.29) is 28.2 Å². The summed E-state index contributed by atoms with van der Waals surface area (Å²) >= 11 is 5.62. The Bertz CT molecular complexity index is 625. The average molecular weight is 275 g/mol. The molecule has 0 spiro atoms. The van der Waals surface area contributed by atoms with Crippen LogP contribution >= 0.6 is 11.6 Å². The van der Waals surface area contributed by atoms with Crippen molar-refractivity contribution in [3.63, 3.8) is 0 Å². The number of sulfone groups is 1. The molecule has 0 bridgehead atoms. The molecule has 0 saturated heterocycles. The summed E-state index contributed by atoms with van der Waals surface area (Å²) in [7, 11) is -3.49. The molecule has 0 N–H and O–H groups in total. The molecule has 0 aliphatic carbocycles. The van der Waals surface area contributed by atoms with Gasteiger partial charge in [-0.25, -0.2) is 13.4 Å². The molecule has 1 atom stereocenters. The van der Waals surface area contributed by atoms with E-state index < -0.39 is 9.84 Å². The quantitative estimate of drug-likeness (QED) is 0.770. The lowest BCUT2D eigenvalue weighted by molar-refractivity contribution is 0.579. The fourth-order valence-corrected chi connectivity index (χ4v) is 3.36. The highest BCUT2D eigenvalue weighted by molar-refractivity contribution is 7.91. The van der Waals surface area contributed by atoms with Gasteiger partial charge in [0, 0.05) is 18.3 Å². The predicted octanol–water partition coefficient (Wildman–Crippen LogP) is 0.773. The predicted molar refractivity (Wildman–Crippen MR) is 62.7 cm³/mol. The maximum absolute atomic E-state index is 12.1. The molecule has 2 heterocycles. The molecular weight excluding hydrogens is 264 g/mol. The maximum Gasteiger partial charge on any atom is 0.200 e. The minimum absolute atomic E-state index is 0.0456. The van der Waals surface area contributed by atoms with Crippen LogP contribution in [0, 0.1) is 5.92 Å². The van der Waals surface area contributed by atoms with Gasteiger partial charge >= 0.3 is 0 Å². The Morgan fingerprint density at radius 3 is 3.00 bits per heavy atom. The van der Waals surface area contributed by atoms with Crippen LogP contribution in [0.5, 0.6) is 0 Å². The summed E-state index contributed by atoms with van der Waals surface area (Å²) in [6.45, 7) is 1.77. The third-order valence-electron chi connectivity index (χ3n) is 2.25. The molecule has 1 unspecified atom stereocenters. The van der Waals surface area contributed by atoms with Crippen molar-refractivity contribution in [3.8, 4) is 0 Å². The number of alkyl halides is 1. The molecule has 0 amide bonds. The minimum atomic E-state index is -3.49. The molecule has 0 radical (unpaired) electrons. The summed E-state index contributed by atoms with van der Waals surface area (Å²) in [5, 5.41) is 7.37. The summed E-state index contributed by atoms with van der Waals surface area (Å²) in [5.41, 5.74) is 0.245. The van der Waals surface area contributed by atoms with Gasteiger partial charge in [0.15, 0.2) is 15.5 Å². The zero-order valence-corrected chi connectivity index (χ0v) is 10.7. The van der Waals surface area contributed by atoms with Gasteiger partial charge in [0.25, 0.3) is 0 Å². The molecule has 0 aliphatic rings. The van der Waals surface area contributed by atoms with Gasteiger partial charge in [-0.1, -0.05) is 6.92 Å². The van der Waals surface area contributed by atoms with E-state index in [4.69, 9.17) is 11.6 Å². The third kappa shape index (κ3) is 2.39. The van der Waals surface area contributed by atoms with Crippen LogP contribution in [-0.2, 0) is 9.84 Å². The molecule has 2 aromatic heterocycles. The van der Waals surface area contributed by atoms with Crippen LogP contribution in [0.25, 0.3) is 5.65 Å². The lowest BCUT2D eigenvalue weighted by atomic mass is 10.3. The van der Waals surface area contributed by atoms with E-state index in [1.165, 1.54) is 16.9 Å². The van der Waals surface area contributed by atoms with E-state index in [2.05, 4.69) is 15.2 Å². The lowest BCUT2D eigenvalue weighted by Crippen LogP contribution is -2.17. The number of hydrogen-bond acceptors (Lipinski definition) is 5. The first-order valence-corrected chi connectivity index (χ1v) is 7.16. The normalized spacial score (nSPS) is 14.0. The lowest BCUT2D eigenvalue weighted by Gasteiger charge is -2.08. The Morgan fingerprint density at radius 1 is 1.53 bits per heavy atom. The Morgan fingerprint density at radius 2 is 2.29 bits per heavy atom. The van der Waals surface area contributed by atoms with E-state index >= 15 is 0 Å². The van der Waals surface area contributed by atoms with Crippen LogP contribution < -0.4 is 0 Å². The summed E-state index contributed by atoms with van der Waals surface area (Å²) in [4.78, 5) is 3.88. The first-order chi connectivity index (χ1) is 8.04. The largest absolute Gasteiger partial charge is 0.285 e. The van der Waals surface area contributed by atoms with Crippen LogP contribution in [-0.4, -0.2) is 39.6 Å². The highest BCUT2D eigenvalue weighted by atomic mass is 35.5. The van der Waals surface area contributed by atoms with Gasteiger partial charge in [0.05, 0.1) is 5.75 Å².